The fourth-order valence-corrected chi connectivity index (χ4v) is 7.60. The summed E-state index contributed by atoms with van der Waals surface area (Å²) in [6.45, 7) is 2.70. The molecule has 4 atom stereocenters. The van der Waals surface area contributed by atoms with Crippen LogP contribution in [0.1, 0.15) is 66.6 Å². The van der Waals surface area contributed by atoms with Gasteiger partial charge in [0.25, 0.3) is 0 Å². The van der Waals surface area contributed by atoms with Crippen LogP contribution in [0.15, 0.2) is 40.9 Å². The van der Waals surface area contributed by atoms with Gasteiger partial charge in [-0.1, -0.05) is 23.4 Å². The van der Waals surface area contributed by atoms with Gasteiger partial charge in [0, 0.05) is 29.1 Å². The lowest BCUT2D eigenvalue weighted by Gasteiger charge is -2.39. The number of fused-ring (bicyclic) bond motifs is 3. The number of carbonyl (C=O) groups is 1. The number of rotatable bonds is 8. The normalized spacial score (nSPS) is 24.1. The van der Waals surface area contributed by atoms with Crippen molar-refractivity contribution in [2.75, 3.05) is 12.0 Å². The maximum Gasteiger partial charge on any atom is 0.335 e. The van der Waals surface area contributed by atoms with Crippen molar-refractivity contribution in [1.29, 1.82) is 0 Å². The predicted octanol–water partition coefficient (Wildman–Crippen LogP) is 6.64. The van der Waals surface area contributed by atoms with E-state index < -0.39 is 5.97 Å². The highest BCUT2D eigenvalue weighted by atomic mass is 32.1. The van der Waals surface area contributed by atoms with Gasteiger partial charge in [0.15, 0.2) is 5.13 Å². The Balaban J connectivity index is 1.12. The van der Waals surface area contributed by atoms with E-state index in [1.54, 1.807) is 25.3 Å². The smallest absolute Gasteiger partial charge is 0.335 e. The number of aromatic nitrogens is 2. The molecule has 10 heteroatoms. The summed E-state index contributed by atoms with van der Waals surface area (Å²) in [6, 6.07) is 10.1. The van der Waals surface area contributed by atoms with E-state index in [0.29, 0.717) is 29.7 Å². The monoisotopic (exact) mass is 563 g/mol. The molecule has 2 aliphatic heterocycles. The Morgan fingerprint density at radius 2 is 2.00 bits per heavy atom. The molecule has 1 aliphatic carbocycles. The highest BCUT2D eigenvalue weighted by molar-refractivity contribution is 7.22. The van der Waals surface area contributed by atoms with Gasteiger partial charge in [-0.2, -0.15) is 0 Å². The Labute approximate surface area is 234 Å². The number of benzene rings is 2. The van der Waals surface area contributed by atoms with Crippen molar-refractivity contribution >= 4 is 32.7 Å². The SMILES string of the molecule is COc1cc(C(=O)O)cc2sc(N3C4CC(OCc5c(-c6ccc(F)cc6)noc5C5CC5)CC3C(C)C4)nc12. The number of halogens is 1. The number of hydrogen-bond acceptors (Lipinski definition) is 8. The first-order valence-corrected chi connectivity index (χ1v) is 14.6. The van der Waals surface area contributed by atoms with Crippen LogP contribution in [0.25, 0.3) is 21.5 Å². The summed E-state index contributed by atoms with van der Waals surface area (Å²) in [5.41, 5.74) is 3.44. The van der Waals surface area contributed by atoms with Gasteiger partial charge in [-0.25, -0.2) is 14.2 Å². The number of aromatic carboxylic acids is 1. The second kappa shape index (κ2) is 9.85. The third kappa shape index (κ3) is 4.43. The van der Waals surface area contributed by atoms with Crippen molar-refractivity contribution in [2.24, 2.45) is 5.92 Å². The van der Waals surface area contributed by atoms with E-state index in [1.807, 2.05) is 0 Å². The fourth-order valence-electron chi connectivity index (χ4n) is 6.44. The van der Waals surface area contributed by atoms with Gasteiger partial charge < -0.3 is 24.0 Å². The first-order chi connectivity index (χ1) is 19.4. The Bertz CT molecular complexity index is 1580. The van der Waals surface area contributed by atoms with Gasteiger partial charge in [-0.3, -0.25) is 0 Å². The molecular formula is C30H30FN3O5S. The molecule has 2 bridgehead atoms. The topological polar surface area (TPSA) is 97.9 Å². The zero-order chi connectivity index (χ0) is 27.5. The molecule has 208 valence electrons. The second-order valence-corrected chi connectivity index (χ2v) is 12.2. The minimum Gasteiger partial charge on any atom is -0.494 e. The third-order valence-electron chi connectivity index (χ3n) is 8.57. The second-order valence-electron chi connectivity index (χ2n) is 11.2. The standard InChI is InChI=1S/C30H30FN3O5S/c1-15-9-20-12-21(38-14-22-26(16-5-7-19(31)8-6-16)33-39-28(22)17-3-4-17)13-23(15)34(20)30-32-27-24(37-2)10-18(29(35)36)11-25(27)40-30/h5-8,10-11,15,17,20-21,23H,3-4,9,12-14H2,1-2H3,(H,35,36). The minimum atomic E-state index is -0.984. The molecule has 1 N–H and O–H groups in total. The van der Waals surface area contributed by atoms with Crippen molar-refractivity contribution in [2.45, 2.75) is 69.7 Å². The van der Waals surface area contributed by atoms with Crippen LogP contribution < -0.4 is 9.64 Å². The van der Waals surface area contributed by atoms with Crippen molar-refractivity contribution in [3.63, 3.8) is 0 Å². The molecule has 4 aromatic rings. The number of thiazole rings is 1. The average Bonchev–Trinajstić information content (AvgIpc) is 3.49. The largest absolute Gasteiger partial charge is 0.494 e. The van der Waals surface area contributed by atoms with Crippen LogP contribution in [-0.4, -0.2) is 46.5 Å². The molecule has 0 spiro atoms. The van der Waals surface area contributed by atoms with Gasteiger partial charge in [0.1, 0.15) is 28.5 Å². The van der Waals surface area contributed by atoms with E-state index >= 15 is 0 Å². The van der Waals surface area contributed by atoms with E-state index in [-0.39, 0.29) is 29.6 Å². The number of ether oxygens (including phenoxy) is 2. The molecule has 7 rings (SSSR count). The summed E-state index contributed by atoms with van der Waals surface area (Å²) in [6.07, 6.45) is 5.07. The first kappa shape index (κ1) is 25.5. The molecule has 2 aromatic heterocycles. The number of carboxylic acids is 1. The molecule has 4 unspecified atom stereocenters. The first-order valence-electron chi connectivity index (χ1n) is 13.8. The molecule has 0 radical (unpaired) electrons. The Morgan fingerprint density at radius 1 is 1.20 bits per heavy atom. The van der Waals surface area contributed by atoms with E-state index in [0.717, 1.165) is 64.5 Å². The molecule has 4 heterocycles. The van der Waals surface area contributed by atoms with Crippen molar-refractivity contribution < 1.29 is 28.3 Å². The summed E-state index contributed by atoms with van der Waals surface area (Å²) in [4.78, 5) is 19.0. The molecule has 2 aromatic carbocycles. The number of piperidine rings is 1. The maximum atomic E-state index is 13.5. The van der Waals surface area contributed by atoms with Crippen LogP contribution in [0.4, 0.5) is 9.52 Å². The number of anilines is 1. The molecule has 1 saturated carbocycles. The lowest BCUT2D eigenvalue weighted by atomic mass is 9.97. The molecule has 2 saturated heterocycles. The number of methoxy groups -OCH3 is 1. The quantitative estimate of drug-likeness (QED) is 0.255. The van der Waals surface area contributed by atoms with Crippen molar-refractivity contribution in [1.82, 2.24) is 10.1 Å². The van der Waals surface area contributed by atoms with E-state index in [2.05, 4.69) is 17.0 Å². The summed E-state index contributed by atoms with van der Waals surface area (Å²) < 4.78 is 32.2. The van der Waals surface area contributed by atoms with E-state index in [1.165, 1.54) is 29.5 Å². The fraction of sp³-hybridized carbons (Fsp3) is 0.433. The van der Waals surface area contributed by atoms with Gasteiger partial charge >= 0.3 is 5.97 Å². The van der Waals surface area contributed by atoms with Crippen LogP contribution in [0.3, 0.4) is 0 Å². The molecule has 0 amide bonds. The van der Waals surface area contributed by atoms with Gasteiger partial charge in [-0.15, -0.1) is 0 Å². The molecule has 40 heavy (non-hydrogen) atoms. The number of hydrogen-bond donors (Lipinski definition) is 1. The molecule has 3 aliphatic rings. The molecular weight excluding hydrogens is 533 g/mol. The van der Waals surface area contributed by atoms with E-state index in [9.17, 15) is 14.3 Å². The minimum absolute atomic E-state index is 0.0850. The third-order valence-corrected chi connectivity index (χ3v) is 9.59. The van der Waals surface area contributed by atoms with Crippen LogP contribution >= 0.6 is 11.3 Å². The predicted molar refractivity (Wildman–Crippen MR) is 149 cm³/mol. The Kier molecular flexibility index (Phi) is 6.27. The maximum absolute atomic E-state index is 13.5. The van der Waals surface area contributed by atoms with Gasteiger partial charge in [0.05, 0.1) is 30.1 Å². The van der Waals surface area contributed by atoms with Crippen LogP contribution in [0.5, 0.6) is 5.75 Å². The lowest BCUT2D eigenvalue weighted by molar-refractivity contribution is 0.0136. The number of carboxylic acid groups (broad SMARTS) is 1. The summed E-state index contributed by atoms with van der Waals surface area (Å²) in [5.74, 6) is 0.982. The average molecular weight is 564 g/mol. The van der Waals surface area contributed by atoms with Gasteiger partial charge in [-0.05, 0) is 74.4 Å². The zero-order valence-corrected chi connectivity index (χ0v) is 23.1. The van der Waals surface area contributed by atoms with Crippen molar-refractivity contribution in [3.05, 3.63) is 59.1 Å². The Hall–Kier alpha value is -3.50. The zero-order valence-electron chi connectivity index (χ0n) is 22.3. The van der Waals surface area contributed by atoms with Crippen LogP contribution in [-0.2, 0) is 11.3 Å². The van der Waals surface area contributed by atoms with Crippen LogP contribution in [0, 0.1) is 11.7 Å². The highest BCUT2D eigenvalue weighted by Gasteiger charge is 2.47. The summed E-state index contributed by atoms with van der Waals surface area (Å²) >= 11 is 1.52. The molecule has 3 fully saturated rings. The van der Waals surface area contributed by atoms with Crippen LogP contribution in [0.2, 0.25) is 0 Å². The summed E-state index contributed by atoms with van der Waals surface area (Å²) in [5, 5.41) is 14.8. The Morgan fingerprint density at radius 3 is 2.70 bits per heavy atom. The molecule has 8 nitrogen and oxygen atoms in total. The lowest BCUT2D eigenvalue weighted by Crippen LogP contribution is -2.46. The summed E-state index contributed by atoms with van der Waals surface area (Å²) in [7, 11) is 1.54. The van der Waals surface area contributed by atoms with Gasteiger partial charge in [0.2, 0.25) is 0 Å². The van der Waals surface area contributed by atoms with E-state index in [4.69, 9.17) is 19.0 Å². The van der Waals surface area contributed by atoms with Crippen molar-refractivity contribution in [3.8, 4) is 17.0 Å². The highest BCUT2D eigenvalue weighted by Crippen LogP contribution is 2.48. The number of nitrogens with zero attached hydrogens (tertiary/aromatic N) is 3.